The largest absolute Gasteiger partial charge is 0.481 e. The standard InChI is InChI=1S/C11H12FN5O3/c1-20-9(3-10(18)19)6-17-11(14-15-16-17)7-2-8(12)5-13-4-7/h2,4-5,9H,3,6H2,1H3,(H,18,19). The molecule has 0 aliphatic heterocycles. The van der Waals surface area contributed by atoms with Crippen LogP contribution in [-0.4, -0.2) is 49.5 Å². The quantitative estimate of drug-likeness (QED) is 0.815. The molecule has 0 fully saturated rings. The van der Waals surface area contributed by atoms with Crippen LogP contribution in [0.2, 0.25) is 0 Å². The van der Waals surface area contributed by atoms with Crippen molar-refractivity contribution in [1.82, 2.24) is 25.2 Å². The first-order valence-electron chi connectivity index (χ1n) is 5.72. The molecule has 8 nitrogen and oxygen atoms in total. The normalized spacial score (nSPS) is 12.3. The number of aromatic nitrogens is 5. The Morgan fingerprint density at radius 3 is 3.00 bits per heavy atom. The number of rotatable bonds is 6. The Hall–Kier alpha value is -2.42. The lowest BCUT2D eigenvalue weighted by molar-refractivity contribution is -0.140. The van der Waals surface area contributed by atoms with E-state index in [1.807, 2.05) is 0 Å². The van der Waals surface area contributed by atoms with E-state index in [1.54, 1.807) is 0 Å². The molecule has 0 aliphatic rings. The van der Waals surface area contributed by atoms with Crippen molar-refractivity contribution >= 4 is 5.97 Å². The highest BCUT2D eigenvalue weighted by molar-refractivity contribution is 5.67. The van der Waals surface area contributed by atoms with Crippen LogP contribution in [0.4, 0.5) is 4.39 Å². The highest BCUT2D eigenvalue weighted by atomic mass is 19.1. The van der Waals surface area contributed by atoms with E-state index < -0.39 is 17.9 Å². The molecule has 0 bridgehead atoms. The molecule has 106 valence electrons. The van der Waals surface area contributed by atoms with Gasteiger partial charge in [0.25, 0.3) is 0 Å². The van der Waals surface area contributed by atoms with E-state index in [4.69, 9.17) is 9.84 Å². The highest BCUT2D eigenvalue weighted by Gasteiger charge is 2.17. The lowest BCUT2D eigenvalue weighted by Gasteiger charge is -2.13. The summed E-state index contributed by atoms with van der Waals surface area (Å²) in [6.45, 7) is 0.141. The van der Waals surface area contributed by atoms with Gasteiger partial charge in [0.1, 0.15) is 5.82 Å². The summed E-state index contributed by atoms with van der Waals surface area (Å²) in [5.41, 5.74) is 0.403. The van der Waals surface area contributed by atoms with Crippen molar-refractivity contribution in [2.75, 3.05) is 7.11 Å². The maximum atomic E-state index is 13.1. The molecule has 0 aromatic carbocycles. The van der Waals surface area contributed by atoms with Crippen molar-refractivity contribution in [2.45, 2.75) is 19.1 Å². The van der Waals surface area contributed by atoms with E-state index in [0.717, 1.165) is 6.20 Å². The van der Waals surface area contributed by atoms with Gasteiger partial charge in [-0.3, -0.25) is 9.78 Å². The number of hydrogen-bond acceptors (Lipinski definition) is 6. The minimum Gasteiger partial charge on any atom is -0.481 e. The number of aliphatic carboxylic acids is 1. The molecule has 0 aliphatic carbocycles. The minimum atomic E-state index is -0.987. The fraction of sp³-hybridized carbons (Fsp3) is 0.364. The topological polar surface area (TPSA) is 103 Å². The van der Waals surface area contributed by atoms with Crippen LogP contribution in [-0.2, 0) is 16.1 Å². The molecular weight excluding hydrogens is 269 g/mol. The first-order valence-corrected chi connectivity index (χ1v) is 5.72. The van der Waals surface area contributed by atoms with Crippen LogP contribution in [0.1, 0.15) is 6.42 Å². The minimum absolute atomic E-state index is 0.141. The molecule has 1 atom stereocenters. The van der Waals surface area contributed by atoms with Gasteiger partial charge in [-0.1, -0.05) is 0 Å². The van der Waals surface area contributed by atoms with Crippen molar-refractivity contribution < 1.29 is 19.0 Å². The van der Waals surface area contributed by atoms with Gasteiger partial charge in [-0.15, -0.1) is 5.10 Å². The van der Waals surface area contributed by atoms with Gasteiger partial charge in [0.2, 0.25) is 0 Å². The molecule has 2 rings (SSSR count). The van der Waals surface area contributed by atoms with Crippen molar-refractivity contribution in [3.8, 4) is 11.4 Å². The van der Waals surface area contributed by atoms with Gasteiger partial charge in [0.05, 0.1) is 25.3 Å². The number of carboxylic acid groups (broad SMARTS) is 1. The van der Waals surface area contributed by atoms with Crippen LogP contribution >= 0.6 is 0 Å². The third-order valence-corrected chi connectivity index (χ3v) is 2.61. The summed E-state index contributed by atoms with van der Waals surface area (Å²) in [6.07, 6.45) is 1.72. The molecule has 0 saturated heterocycles. The van der Waals surface area contributed by atoms with Crippen molar-refractivity contribution in [1.29, 1.82) is 0 Å². The molecule has 0 radical (unpaired) electrons. The first kappa shape index (κ1) is 14.0. The lowest BCUT2D eigenvalue weighted by Crippen LogP contribution is -2.23. The molecule has 20 heavy (non-hydrogen) atoms. The molecule has 0 saturated carbocycles. The number of nitrogens with zero attached hydrogens (tertiary/aromatic N) is 5. The molecule has 9 heteroatoms. The van der Waals surface area contributed by atoms with Crippen LogP contribution in [0.5, 0.6) is 0 Å². The van der Waals surface area contributed by atoms with Crippen LogP contribution in [0.25, 0.3) is 11.4 Å². The zero-order chi connectivity index (χ0) is 14.5. The van der Waals surface area contributed by atoms with Crippen LogP contribution in [0, 0.1) is 5.82 Å². The van der Waals surface area contributed by atoms with Crippen molar-refractivity contribution in [3.05, 3.63) is 24.3 Å². The Balaban J connectivity index is 2.22. The molecule has 1 unspecified atom stereocenters. The van der Waals surface area contributed by atoms with Gasteiger partial charge in [0.15, 0.2) is 5.82 Å². The monoisotopic (exact) mass is 281 g/mol. The molecular formula is C11H12FN5O3. The number of methoxy groups -OCH3 is 1. The molecule has 2 aromatic rings. The van der Waals surface area contributed by atoms with Crippen LogP contribution in [0.15, 0.2) is 18.5 Å². The average Bonchev–Trinajstić information content (AvgIpc) is 2.85. The van der Waals surface area contributed by atoms with E-state index in [-0.39, 0.29) is 13.0 Å². The maximum absolute atomic E-state index is 13.1. The van der Waals surface area contributed by atoms with Gasteiger partial charge in [-0.05, 0) is 16.5 Å². The fourth-order valence-electron chi connectivity index (χ4n) is 1.68. The smallest absolute Gasteiger partial charge is 0.306 e. The number of hydrogen-bond donors (Lipinski definition) is 1. The lowest BCUT2D eigenvalue weighted by atomic mass is 10.2. The second-order valence-corrected chi connectivity index (χ2v) is 4.03. The number of ether oxygens (including phenoxy) is 1. The van der Waals surface area contributed by atoms with Gasteiger partial charge in [0, 0.05) is 18.9 Å². The molecule has 1 N–H and O–H groups in total. The number of tetrazole rings is 1. The van der Waals surface area contributed by atoms with Gasteiger partial charge in [-0.2, -0.15) is 0 Å². The fourth-order valence-corrected chi connectivity index (χ4v) is 1.68. The Morgan fingerprint density at radius 2 is 2.35 bits per heavy atom. The summed E-state index contributed by atoms with van der Waals surface area (Å²) < 4.78 is 19.6. The average molecular weight is 281 g/mol. The van der Waals surface area contributed by atoms with E-state index in [1.165, 1.54) is 24.1 Å². The van der Waals surface area contributed by atoms with E-state index in [0.29, 0.717) is 11.4 Å². The second kappa shape index (κ2) is 6.15. The number of carbonyl (C=O) groups is 1. The molecule has 2 aromatic heterocycles. The zero-order valence-corrected chi connectivity index (χ0v) is 10.6. The van der Waals surface area contributed by atoms with Gasteiger partial charge in [-0.25, -0.2) is 9.07 Å². The van der Waals surface area contributed by atoms with Crippen molar-refractivity contribution in [2.24, 2.45) is 0 Å². The van der Waals surface area contributed by atoms with E-state index in [9.17, 15) is 9.18 Å². The summed E-state index contributed by atoms with van der Waals surface area (Å²) in [5.74, 6) is -1.20. The predicted octanol–water partition coefficient (Wildman–Crippen LogP) is 0.364. The predicted molar refractivity (Wildman–Crippen MR) is 64.1 cm³/mol. The number of halogens is 1. The van der Waals surface area contributed by atoms with Crippen LogP contribution in [0.3, 0.4) is 0 Å². The van der Waals surface area contributed by atoms with E-state index in [2.05, 4.69) is 20.5 Å². The van der Waals surface area contributed by atoms with Gasteiger partial charge >= 0.3 is 5.97 Å². The third-order valence-electron chi connectivity index (χ3n) is 2.61. The molecule has 0 amide bonds. The first-order chi connectivity index (χ1) is 9.60. The Bertz CT molecular complexity index is 603. The molecule has 2 heterocycles. The Kier molecular flexibility index (Phi) is 4.31. The number of pyridine rings is 1. The van der Waals surface area contributed by atoms with Crippen LogP contribution < -0.4 is 0 Å². The zero-order valence-electron chi connectivity index (χ0n) is 10.6. The maximum Gasteiger partial charge on any atom is 0.306 e. The summed E-state index contributed by atoms with van der Waals surface area (Å²) in [7, 11) is 1.40. The van der Waals surface area contributed by atoms with Gasteiger partial charge < -0.3 is 9.84 Å². The Morgan fingerprint density at radius 1 is 1.55 bits per heavy atom. The summed E-state index contributed by atoms with van der Waals surface area (Å²) in [4.78, 5) is 14.4. The SMILES string of the molecule is COC(CC(=O)O)Cn1nnnc1-c1cncc(F)c1. The summed E-state index contributed by atoms with van der Waals surface area (Å²) in [5, 5.41) is 19.8. The Labute approximate surface area is 113 Å². The summed E-state index contributed by atoms with van der Waals surface area (Å²) >= 11 is 0. The van der Waals surface area contributed by atoms with E-state index >= 15 is 0 Å². The third kappa shape index (κ3) is 3.32. The number of carboxylic acids is 1. The van der Waals surface area contributed by atoms with Crippen molar-refractivity contribution in [3.63, 3.8) is 0 Å². The second-order valence-electron chi connectivity index (χ2n) is 4.03. The summed E-state index contributed by atoms with van der Waals surface area (Å²) in [6, 6.07) is 1.24. The molecule has 0 spiro atoms. The highest BCUT2D eigenvalue weighted by Crippen LogP contribution is 2.16.